The van der Waals surface area contributed by atoms with Crippen LogP contribution in [0.1, 0.15) is 36.1 Å². The van der Waals surface area contributed by atoms with E-state index < -0.39 is 0 Å². The van der Waals surface area contributed by atoms with E-state index in [4.69, 9.17) is 21.7 Å². The SMILES string of the molecule is CCOc1cc(/C=C2\SC(=S)N(c3ccc(CC)cc3)C2=O)ccc1OCC(=O)Nc1cc(C)ccc1C. The molecule has 0 bridgehead atoms. The van der Waals surface area contributed by atoms with Gasteiger partial charge in [0.05, 0.1) is 17.2 Å². The van der Waals surface area contributed by atoms with Gasteiger partial charge in [0.2, 0.25) is 0 Å². The molecule has 1 aliphatic heterocycles. The number of carbonyl (C=O) groups excluding carboxylic acids is 2. The highest BCUT2D eigenvalue weighted by Gasteiger charge is 2.33. The Morgan fingerprint density at radius 2 is 1.76 bits per heavy atom. The van der Waals surface area contributed by atoms with Crippen molar-refractivity contribution in [2.45, 2.75) is 34.1 Å². The zero-order chi connectivity index (χ0) is 27.2. The Morgan fingerprint density at radius 3 is 2.47 bits per heavy atom. The molecule has 1 N–H and O–H groups in total. The minimum Gasteiger partial charge on any atom is -0.490 e. The zero-order valence-electron chi connectivity index (χ0n) is 21.9. The smallest absolute Gasteiger partial charge is 0.270 e. The van der Waals surface area contributed by atoms with Gasteiger partial charge in [0.15, 0.2) is 22.4 Å². The molecule has 1 saturated heterocycles. The number of carbonyl (C=O) groups is 2. The molecule has 0 unspecified atom stereocenters. The molecule has 0 saturated carbocycles. The maximum atomic E-state index is 13.2. The maximum Gasteiger partial charge on any atom is 0.270 e. The lowest BCUT2D eigenvalue weighted by Crippen LogP contribution is -2.27. The first-order valence-electron chi connectivity index (χ1n) is 12.4. The number of ether oxygens (including phenoxy) is 2. The standard InChI is InChI=1S/C30H30N2O4S2/c1-5-21-9-12-23(13-10-21)32-29(34)27(38-30(32)37)17-22-11-14-25(26(16-22)35-6-2)36-18-28(33)31-24-15-19(3)7-8-20(24)4/h7-17H,5-6,18H2,1-4H3,(H,31,33)/b27-17-. The Balaban J connectivity index is 1.47. The molecule has 196 valence electrons. The van der Waals surface area contributed by atoms with Crippen LogP contribution in [0.5, 0.6) is 11.5 Å². The number of thioether (sulfide) groups is 1. The van der Waals surface area contributed by atoms with E-state index in [2.05, 4.69) is 12.2 Å². The first-order chi connectivity index (χ1) is 18.3. The quantitative estimate of drug-likeness (QED) is 0.238. The molecule has 3 aromatic carbocycles. The third-order valence-corrected chi connectivity index (χ3v) is 7.29. The van der Waals surface area contributed by atoms with Crippen LogP contribution >= 0.6 is 24.0 Å². The van der Waals surface area contributed by atoms with Gasteiger partial charge in [-0.1, -0.05) is 61.2 Å². The number of nitrogens with one attached hydrogen (secondary N) is 1. The molecule has 0 spiro atoms. The number of benzene rings is 3. The Bertz CT molecular complexity index is 1400. The van der Waals surface area contributed by atoms with Crippen molar-refractivity contribution >= 4 is 57.6 Å². The van der Waals surface area contributed by atoms with E-state index in [9.17, 15) is 9.59 Å². The summed E-state index contributed by atoms with van der Waals surface area (Å²) in [7, 11) is 0. The number of hydrogen-bond acceptors (Lipinski definition) is 6. The summed E-state index contributed by atoms with van der Waals surface area (Å²) in [6.07, 6.45) is 2.72. The average Bonchev–Trinajstić information content (AvgIpc) is 3.18. The molecule has 4 rings (SSSR count). The summed E-state index contributed by atoms with van der Waals surface area (Å²) in [5.41, 5.74) is 5.52. The number of aryl methyl sites for hydroxylation is 3. The van der Waals surface area contributed by atoms with Crippen LogP contribution in [0, 0.1) is 13.8 Å². The fourth-order valence-corrected chi connectivity index (χ4v) is 5.22. The number of thiocarbonyl (C=S) groups is 1. The topological polar surface area (TPSA) is 67.9 Å². The van der Waals surface area contributed by atoms with Crippen molar-refractivity contribution in [2.24, 2.45) is 0 Å². The minimum atomic E-state index is -0.263. The van der Waals surface area contributed by atoms with Crippen LogP contribution in [0.2, 0.25) is 0 Å². The summed E-state index contributed by atoms with van der Waals surface area (Å²) < 4.78 is 12.1. The Morgan fingerprint density at radius 1 is 1.00 bits per heavy atom. The Kier molecular flexibility index (Phi) is 8.86. The lowest BCUT2D eigenvalue weighted by atomic mass is 10.1. The van der Waals surface area contributed by atoms with Gasteiger partial charge in [-0.25, -0.2) is 0 Å². The van der Waals surface area contributed by atoms with Crippen molar-refractivity contribution in [1.82, 2.24) is 0 Å². The van der Waals surface area contributed by atoms with E-state index in [0.717, 1.165) is 34.5 Å². The minimum absolute atomic E-state index is 0.161. The summed E-state index contributed by atoms with van der Waals surface area (Å²) in [4.78, 5) is 27.8. The van der Waals surface area contributed by atoms with Crippen LogP contribution in [0.25, 0.3) is 6.08 Å². The fraction of sp³-hybridized carbons (Fsp3) is 0.233. The zero-order valence-corrected chi connectivity index (χ0v) is 23.5. The van der Waals surface area contributed by atoms with E-state index >= 15 is 0 Å². The second kappa shape index (κ2) is 12.3. The summed E-state index contributed by atoms with van der Waals surface area (Å²) in [5, 5.41) is 2.89. The predicted molar refractivity (Wildman–Crippen MR) is 159 cm³/mol. The molecule has 0 atom stereocenters. The molecule has 0 radical (unpaired) electrons. The summed E-state index contributed by atoms with van der Waals surface area (Å²) in [6, 6.07) is 19.1. The van der Waals surface area contributed by atoms with Crippen molar-refractivity contribution in [3.8, 4) is 11.5 Å². The molecule has 3 aromatic rings. The van der Waals surface area contributed by atoms with Gasteiger partial charge in [-0.15, -0.1) is 0 Å². The van der Waals surface area contributed by atoms with Gasteiger partial charge in [-0.2, -0.15) is 0 Å². The molecule has 1 fully saturated rings. The van der Waals surface area contributed by atoms with Crippen LogP contribution < -0.4 is 19.7 Å². The molecular formula is C30H30N2O4S2. The van der Waals surface area contributed by atoms with Crippen LogP contribution in [-0.4, -0.2) is 29.3 Å². The van der Waals surface area contributed by atoms with Crippen LogP contribution in [0.15, 0.2) is 65.6 Å². The molecule has 0 aromatic heterocycles. The van der Waals surface area contributed by atoms with Gasteiger partial charge in [0, 0.05) is 5.69 Å². The van der Waals surface area contributed by atoms with E-state index in [1.807, 2.05) is 69.3 Å². The van der Waals surface area contributed by atoms with E-state index in [0.29, 0.717) is 27.3 Å². The second-order valence-corrected chi connectivity index (χ2v) is 10.5. The van der Waals surface area contributed by atoms with Crippen molar-refractivity contribution in [1.29, 1.82) is 0 Å². The summed E-state index contributed by atoms with van der Waals surface area (Å²) in [6.45, 7) is 8.14. The number of nitrogens with zero attached hydrogens (tertiary/aromatic N) is 1. The van der Waals surface area contributed by atoms with Gasteiger partial charge in [0.1, 0.15) is 0 Å². The normalized spacial score (nSPS) is 14.2. The van der Waals surface area contributed by atoms with Crippen LogP contribution in [0.3, 0.4) is 0 Å². The van der Waals surface area contributed by atoms with Crippen molar-refractivity contribution in [2.75, 3.05) is 23.4 Å². The molecule has 1 heterocycles. The predicted octanol–water partition coefficient (Wildman–Crippen LogP) is 6.69. The lowest BCUT2D eigenvalue weighted by Gasteiger charge is -2.15. The third kappa shape index (κ3) is 6.44. The van der Waals surface area contributed by atoms with Crippen molar-refractivity contribution < 1.29 is 19.1 Å². The molecule has 0 aliphatic carbocycles. The molecule has 6 nitrogen and oxygen atoms in total. The Hall–Kier alpha value is -3.62. The average molecular weight is 547 g/mol. The van der Waals surface area contributed by atoms with Crippen LogP contribution in [0.4, 0.5) is 11.4 Å². The second-order valence-electron chi connectivity index (χ2n) is 8.83. The molecule has 2 amide bonds. The lowest BCUT2D eigenvalue weighted by molar-refractivity contribution is -0.118. The third-order valence-electron chi connectivity index (χ3n) is 5.99. The number of amides is 2. The van der Waals surface area contributed by atoms with E-state index in [1.54, 1.807) is 23.1 Å². The van der Waals surface area contributed by atoms with E-state index in [1.165, 1.54) is 17.3 Å². The molecule has 8 heteroatoms. The fourth-order valence-electron chi connectivity index (χ4n) is 3.92. The van der Waals surface area contributed by atoms with Gasteiger partial charge in [-0.05, 0) is 85.9 Å². The Labute approximate surface area is 233 Å². The number of anilines is 2. The number of hydrogen-bond donors (Lipinski definition) is 1. The van der Waals surface area contributed by atoms with Gasteiger partial charge >= 0.3 is 0 Å². The largest absolute Gasteiger partial charge is 0.490 e. The molecular weight excluding hydrogens is 516 g/mol. The highest BCUT2D eigenvalue weighted by molar-refractivity contribution is 8.27. The monoisotopic (exact) mass is 546 g/mol. The van der Waals surface area contributed by atoms with E-state index in [-0.39, 0.29) is 18.4 Å². The van der Waals surface area contributed by atoms with Gasteiger partial charge < -0.3 is 14.8 Å². The van der Waals surface area contributed by atoms with Gasteiger partial charge in [-0.3, -0.25) is 14.5 Å². The highest BCUT2D eigenvalue weighted by atomic mass is 32.2. The number of rotatable bonds is 9. The highest BCUT2D eigenvalue weighted by Crippen LogP contribution is 2.37. The van der Waals surface area contributed by atoms with Crippen molar-refractivity contribution in [3.05, 3.63) is 87.8 Å². The van der Waals surface area contributed by atoms with Crippen molar-refractivity contribution in [3.63, 3.8) is 0 Å². The van der Waals surface area contributed by atoms with Crippen LogP contribution in [-0.2, 0) is 16.0 Å². The first kappa shape index (κ1) is 27.4. The molecule has 38 heavy (non-hydrogen) atoms. The maximum absolute atomic E-state index is 13.2. The first-order valence-corrected chi connectivity index (χ1v) is 13.6. The summed E-state index contributed by atoms with van der Waals surface area (Å²) in [5.74, 6) is 0.515. The van der Waals surface area contributed by atoms with Gasteiger partial charge in [0.25, 0.3) is 11.8 Å². The molecule has 1 aliphatic rings. The summed E-state index contributed by atoms with van der Waals surface area (Å²) >= 11 is 6.77.